The number of aromatic nitrogens is 1. The summed E-state index contributed by atoms with van der Waals surface area (Å²) in [6.07, 6.45) is 41.3. The minimum atomic E-state index is 0.876. The van der Waals surface area contributed by atoms with E-state index in [9.17, 15) is 0 Å². The summed E-state index contributed by atoms with van der Waals surface area (Å²) >= 11 is 0. The molecule has 1 aromatic heterocycles. The van der Waals surface area contributed by atoms with Crippen LogP contribution < -0.4 is 14.6 Å². The third-order valence-corrected chi connectivity index (χ3v) is 13.2. The molecule has 330 valence electrons. The molecule has 0 aliphatic carbocycles. The van der Waals surface area contributed by atoms with Gasteiger partial charge in [0, 0.05) is 80.8 Å². The van der Waals surface area contributed by atoms with E-state index in [4.69, 9.17) is 9.98 Å². The Morgan fingerprint density at radius 2 is 0.971 bits per heavy atom. The molecule has 7 nitrogen and oxygen atoms in total. The van der Waals surface area contributed by atoms with Crippen molar-refractivity contribution in [3.63, 3.8) is 0 Å². The summed E-state index contributed by atoms with van der Waals surface area (Å²) in [5, 5.41) is 0. The van der Waals surface area contributed by atoms with Gasteiger partial charge in [-0.05, 0) is 110 Å². The van der Waals surface area contributed by atoms with Crippen molar-refractivity contribution >= 4 is 45.1 Å². The fourth-order valence-electron chi connectivity index (χ4n) is 9.47. The van der Waals surface area contributed by atoms with E-state index in [-0.39, 0.29) is 0 Å². The zero-order chi connectivity index (χ0) is 46.1. The number of benzene rings is 3. The summed E-state index contributed by atoms with van der Waals surface area (Å²) in [7, 11) is 2.04. The van der Waals surface area contributed by atoms with Crippen LogP contribution in [0.15, 0.2) is 239 Å². The summed E-state index contributed by atoms with van der Waals surface area (Å²) < 4.78 is 2.31. The first-order valence-electron chi connectivity index (χ1n) is 23.6. The van der Waals surface area contributed by atoms with E-state index in [1.807, 2.05) is 7.05 Å². The van der Waals surface area contributed by atoms with E-state index >= 15 is 0 Å². The number of unbranched alkanes of at least 4 members (excludes halogenated alkanes) is 1. The lowest BCUT2D eigenvalue weighted by Gasteiger charge is -2.20. The van der Waals surface area contributed by atoms with Crippen molar-refractivity contribution in [3.05, 3.63) is 268 Å². The van der Waals surface area contributed by atoms with Crippen LogP contribution >= 0.6 is 0 Å². The van der Waals surface area contributed by atoms with E-state index in [1.54, 1.807) is 0 Å². The standard InChI is InChI=1S/C61H52N7/c1-41-9-15-46(16-10-41)58-50-21-23-52(62-50)59(47-17-11-42(2)12-18-47)54-25-27-56(64-54)61(57-28-26-55(65-57)60(53-24-22-51(58)63-53)48-19-13-43(3)14-20-48)49-8-7-35-68(40-49)34-6-5-33-67-38-31-45(32-39-67)44-29-36-66(4)37-30-44/h7-32,35-40H,5-6,33-34H2,1-4H3/q+1/p+2. The molecule has 8 heterocycles. The Labute approximate surface area is 399 Å². The molecule has 3 aromatic carbocycles. The maximum absolute atomic E-state index is 5.53. The number of hydrogen-bond donors (Lipinski definition) is 2. The monoisotopic (exact) mass is 884 g/mol. The summed E-state index contributed by atoms with van der Waals surface area (Å²) in [6.45, 7) is 8.24. The zero-order valence-corrected chi connectivity index (χ0v) is 39.0. The molecule has 2 N–H and O–H groups in total. The molecule has 0 fully saturated rings. The van der Waals surface area contributed by atoms with E-state index in [0.717, 1.165) is 116 Å². The molecule has 7 aliphatic heterocycles. The number of aliphatic imine (C=N–C) groups is 2. The first-order chi connectivity index (χ1) is 33.3. The van der Waals surface area contributed by atoms with Crippen LogP contribution in [0.3, 0.4) is 0 Å². The number of nitrogens with zero attached hydrogens (tertiary/aromatic N) is 5. The van der Waals surface area contributed by atoms with Crippen LogP contribution in [0.4, 0.5) is 0 Å². The summed E-state index contributed by atoms with van der Waals surface area (Å²) in [4.78, 5) is 23.2. The van der Waals surface area contributed by atoms with Crippen LogP contribution in [0.2, 0.25) is 0 Å². The maximum Gasteiger partial charge on any atom is 0.218 e. The Kier molecular flexibility index (Phi) is 11.3. The maximum atomic E-state index is 5.53. The van der Waals surface area contributed by atoms with Gasteiger partial charge < -0.3 is 9.80 Å². The van der Waals surface area contributed by atoms with Crippen molar-refractivity contribution in [3.8, 4) is 0 Å². The van der Waals surface area contributed by atoms with Crippen molar-refractivity contribution in [2.24, 2.45) is 9.98 Å². The highest BCUT2D eigenvalue weighted by molar-refractivity contribution is 6.37. The predicted octanol–water partition coefficient (Wildman–Crippen LogP) is 8.45. The smallest absolute Gasteiger partial charge is 0.218 e. The molecule has 0 unspecified atom stereocenters. The first-order valence-corrected chi connectivity index (χ1v) is 23.6. The van der Waals surface area contributed by atoms with Gasteiger partial charge in [0.15, 0.2) is 12.4 Å². The van der Waals surface area contributed by atoms with Gasteiger partial charge in [0.05, 0.1) is 39.5 Å². The van der Waals surface area contributed by atoms with Crippen molar-refractivity contribution in [2.75, 3.05) is 13.6 Å². The number of rotatable bonds is 9. The summed E-state index contributed by atoms with van der Waals surface area (Å²) in [5.74, 6) is 0. The Balaban J connectivity index is 0.997. The predicted molar refractivity (Wildman–Crippen MR) is 279 cm³/mol. The number of aryl methyl sites for hydroxylation is 4. The van der Waals surface area contributed by atoms with Crippen LogP contribution in [-0.4, -0.2) is 46.2 Å². The van der Waals surface area contributed by atoms with E-state index in [1.165, 1.54) is 27.8 Å². The lowest BCUT2D eigenvalue weighted by atomic mass is 9.97. The second-order valence-electron chi connectivity index (χ2n) is 18.2. The average Bonchev–Trinajstić information content (AvgIpc) is 4.22. The Bertz CT molecular complexity index is 3240. The van der Waals surface area contributed by atoms with Crippen LogP contribution in [-0.2, 0) is 6.54 Å². The highest BCUT2D eigenvalue weighted by atomic mass is 15.1. The molecule has 0 atom stereocenters. The molecule has 0 saturated carbocycles. The van der Waals surface area contributed by atoms with Crippen LogP contribution in [0.25, 0.3) is 22.3 Å². The largest absolute Gasteiger partial charge is 0.357 e. The zero-order valence-electron chi connectivity index (χ0n) is 39.0. The number of hydrogen-bond acceptors (Lipinski definition) is 4. The highest BCUT2D eigenvalue weighted by Crippen LogP contribution is 2.35. The van der Waals surface area contributed by atoms with E-state index < -0.39 is 0 Å². The lowest BCUT2D eigenvalue weighted by Crippen LogP contribution is -2.71. The second kappa shape index (κ2) is 18.2. The van der Waals surface area contributed by atoms with Crippen molar-refractivity contribution in [2.45, 2.75) is 40.2 Å². The minimum absolute atomic E-state index is 0.876. The van der Waals surface area contributed by atoms with E-state index in [0.29, 0.717) is 0 Å². The van der Waals surface area contributed by atoms with Gasteiger partial charge in [-0.2, -0.15) is 0 Å². The van der Waals surface area contributed by atoms with Gasteiger partial charge in [-0.25, -0.2) is 24.5 Å². The van der Waals surface area contributed by atoms with Crippen LogP contribution in [0.5, 0.6) is 0 Å². The second-order valence-corrected chi connectivity index (χ2v) is 18.2. The number of fused-ring (bicyclic) bond motifs is 4. The molecule has 0 spiro atoms. The molecule has 0 radical (unpaired) electrons. The molecule has 7 heteroatoms. The Morgan fingerprint density at radius 1 is 0.471 bits per heavy atom. The topological polar surface area (TPSA) is 63.0 Å². The summed E-state index contributed by atoms with van der Waals surface area (Å²) in [6, 6.07) is 30.7. The number of allylic oxidation sites excluding steroid dienone is 18. The normalized spacial score (nSPS) is 18.1. The Hall–Kier alpha value is -8.29. The average molecular weight is 885 g/mol. The lowest BCUT2D eigenvalue weighted by molar-refractivity contribution is -0.697. The van der Waals surface area contributed by atoms with Gasteiger partial charge in [-0.1, -0.05) is 89.5 Å². The van der Waals surface area contributed by atoms with Gasteiger partial charge in [0.1, 0.15) is 12.1 Å². The number of nitrogens with one attached hydrogen (secondary N) is 2. The molecule has 4 aromatic rings. The fraction of sp³-hybridized carbons (Fsp3) is 0.131. The van der Waals surface area contributed by atoms with Gasteiger partial charge in [-0.3, -0.25) is 0 Å². The van der Waals surface area contributed by atoms with Crippen LogP contribution in [0, 0.1) is 20.8 Å². The third-order valence-electron chi connectivity index (χ3n) is 13.2. The van der Waals surface area contributed by atoms with Gasteiger partial charge in [-0.15, -0.1) is 0 Å². The van der Waals surface area contributed by atoms with E-state index in [2.05, 4.69) is 240 Å². The van der Waals surface area contributed by atoms with Crippen molar-refractivity contribution < 1.29 is 14.6 Å². The molecule has 11 rings (SSSR count). The number of pyridine rings is 1. The molecule has 8 bridgehead atoms. The molecular formula is C61H54N7+3. The fourth-order valence-corrected chi connectivity index (χ4v) is 9.47. The van der Waals surface area contributed by atoms with Crippen molar-refractivity contribution in [1.82, 2.24) is 9.80 Å². The molecule has 7 aliphatic rings. The van der Waals surface area contributed by atoms with Crippen LogP contribution in [0.1, 0.15) is 51.8 Å². The summed E-state index contributed by atoms with van der Waals surface area (Å²) in [5.41, 5.74) is 22.2. The SMILES string of the molecule is Cc1ccc(C2=C3C=CC(=N3)C(c3ccc[n+](CCCCN4C=CC(=C5C=CN(C)C=C5)C=C4)c3)=C3C=CC(=N3)C(c3ccc(C)cc3)=C3C=CC(=[NH+]3)C(c3ccc(C)cc3)=C3C=CC2=[NH+]3)cc1. The van der Waals surface area contributed by atoms with Gasteiger partial charge in [0.25, 0.3) is 0 Å². The first kappa shape index (κ1) is 42.4. The molecule has 0 amide bonds. The third kappa shape index (κ3) is 8.62. The van der Waals surface area contributed by atoms with Crippen molar-refractivity contribution in [1.29, 1.82) is 0 Å². The quantitative estimate of drug-likeness (QED) is 0.131. The molecule has 68 heavy (non-hydrogen) atoms. The molecular weight excluding hydrogens is 831 g/mol. The van der Waals surface area contributed by atoms with Gasteiger partial charge >= 0.3 is 0 Å². The Morgan fingerprint density at radius 3 is 1.57 bits per heavy atom. The minimum Gasteiger partial charge on any atom is -0.357 e. The highest BCUT2D eigenvalue weighted by Gasteiger charge is 2.33. The van der Waals surface area contributed by atoms with Gasteiger partial charge in [0.2, 0.25) is 22.8 Å². The molecule has 0 saturated heterocycles.